The van der Waals surface area contributed by atoms with Crippen LogP contribution in [0.4, 0.5) is 0 Å². The summed E-state index contributed by atoms with van der Waals surface area (Å²) in [7, 11) is 0. The molecule has 2 aliphatic heterocycles. The summed E-state index contributed by atoms with van der Waals surface area (Å²) in [5, 5.41) is 0. The van der Waals surface area contributed by atoms with Gasteiger partial charge in [-0.2, -0.15) is 0 Å². The van der Waals surface area contributed by atoms with E-state index in [1.807, 2.05) is 27.7 Å². The zero-order chi connectivity index (χ0) is 30.2. The molecule has 0 N–H and O–H groups in total. The number of hydrogen-bond acceptors (Lipinski definition) is 4. The summed E-state index contributed by atoms with van der Waals surface area (Å²) in [6.45, 7) is 41.5. The Bertz CT molecular complexity index is 581. The van der Waals surface area contributed by atoms with Gasteiger partial charge in [-0.15, -0.1) is 0 Å². The number of piperazine rings is 1. The zero-order valence-electron chi connectivity index (χ0n) is 29.1. The minimum absolute atomic E-state index is 0.0966. The van der Waals surface area contributed by atoms with Gasteiger partial charge in [0.15, 0.2) is 0 Å². The number of unbranched alkanes of at least 4 members (excludes halogenated alkanes) is 1. The molecule has 0 amide bonds. The molecule has 4 nitrogen and oxygen atoms in total. The highest BCUT2D eigenvalue weighted by molar-refractivity contribution is 5.60. The molecule has 0 spiro atoms. The smallest absolute Gasteiger partial charge is 0.127 e. The molecule has 38 heavy (non-hydrogen) atoms. The Labute approximate surface area is 241 Å². The molecule has 2 rings (SSSR count). The van der Waals surface area contributed by atoms with Crippen LogP contribution in [0.5, 0.6) is 0 Å². The third-order valence-corrected chi connectivity index (χ3v) is 9.21. The van der Waals surface area contributed by atoms with Crippen LogP contribution in [0, 0.1) is 16.7 Å². The molecule has 0 atom stereocenters. The van der Waals surface area contributed by atoms with Crippen LogP contribution in [0.15, 0.2) is 0 Å². The summed E-state index contributed by atoms with van der Waals surface area (Å²) in [5.74, 6) is 0.754. The molecule has 0 unspecified atom stereocenters. The van der Waals surface area contributed by atoms with E-state index in [0.717, 1.165) is 25.3 Å². The lowest BCUT2D eigenvalue weighted by Gasteiger charge is -2.53. The lowest BCUT2D eigenvalue weighted by molar-refractivity contribution is -0.123. The monoisotopic (exact) mass is 540 g/mol. The average molecular weight is 540 g/mol. The maximum absolute atomic E-state index is 11.7. The van der Waals surface area contributed by atoms with Crippen LogP contribution in [-0.4, -0.2) is 77.9 Å². The van der Waals surface area contributed by atoms with E-state index in [-0.39, 0.29) is 16.5 Å². The predicted octanol–water partition coefficient (Wildman–Crippen LogP) is 8.78. The van der Waals surface area contributed by atoms with Crippen LogP contribution >= 0.6 is 0 Å². The molecule has 2 heterocycles. The first kappa shape index (κ1) is 39.7. The third-order valence-electron chi connectivity index (χ3n) is 9.21. The van der Waals surface area contributed by atoms with Crippen molar-refractivity contribution in [3.05, 3.63) is 0 Å². The van der Waals surface area contributed by atoms with Crippen LogP contribution in [0.1, 0.15) is 142 Å². The van der Waals surface area contributed by atoms with Crippen molar-refractivity contribution in [1.82, 2.24) is 14.7 Å². The predicted molar refractivity (Wildman–Crippen MR) is 172 cm³/mol. The Kier molecular flexibility index (Phi) is 19.7. The van der Waals surface area contributed by atoms with Crippen LogP contribution in [-0.2, 0) is 4.79 Å². The molecule has 0 radical (unpaired) electrons. The van der Waals surface area contributed by atoms with Crippen molar-refractivity contribution in [2.75, 3.05) is 45.8 Å². The molecule has 2 saturated heterocycles. The van der Waals surface area contributed by atoms with Gasteiger partial charge in [-0.25, -0.2) is 0 Å². The van der Waals surface area contributed by atoms with E-state index in [1.54, 1.807) is 0 Å². The number of likely N-dealkylation sites (tertiary alicyclic amines) is 1. The molecule has 0 aromatic carbocycles. The summed E-state index contributed by atoms with van der Waals surface area (Å²) in [4.78, 5) is 19.7. The standard InChI is InChI=1S/C27H53N3O.C3H8.2C2H6/c1-10-11-14-28-17-19-29(20-18-28)26(6,7)21-24(2,3)23-12-15-30(16-13-23)27(8,9)25(4,5)22-31;1-3-2;2*1-2/h22-23H,10-21H2,1-9H3;3H2,1-2H3;2*1-2H3. The fourth-order valence-corrected chi connectivity index (χ4v) is 6.10. The van der Waals surface area contributed by atoms with E-state index in [4.69, 9.17) is 0 Å². The van der Waals surface area contributed by atoms with Crippen molar-refractivity contribution in [2.45, 2.75) is 153 Å². The lowest BCUT2D eigenvalue weighted by Crippen LogP contribution is -2.58. The molecule has 0 aliphatic carbocycles. The highest BCUT2D eigenvalue weighted by Gasteiger charge is 2.45. The summed E-state index contributed by atoms with van der Waals surface area (Å²) < 4.78 is 0. The van der Waals surface area contributed by atoms with Gasteiger partial charge in [0.2, 0.25) is 0 Å². The Balaban J connectivity index is 0. The number of piperidine rings is 1. The van der Waals surface area contributed by atoms with Gasteiger partial charge >= 0.3 is 0 Å². The molecule has 0 aromatic rings. The van der Waals surface area contributed by atoms with Crippen LogP contribution < -0.4 is 0 Å². The fraction of sp³-hybridized carbons (Fsp3) is 0.971. The number of nitrogens with zero attached hydrogens (tertiary/aromatic N) is 3. The summed E-state index contributed by atoms with van der Waals surface area (Å²) in [5.41, 5.74) is 0.159. The second-order valence-electron chi connectivity index (χ2n) is 13.5. The van der Waals surface area contributed by atoms with Gasteiger partial charge in [-0.1, -0.05) is 89.0 Å². The maximum atomic E-state index is 11.7. The zero-order valence-corrected chi connectivity index (χ0v) is 29.1. The van der Waals surface area contributed by atoms with Crippen molar-refractivity contribution in [1.29, 1.82) is 0 Å². The Morgan fingerprint density at radius 2 is 1.16 bits per heavy atom. The minimum Gasteiger partial charge on any atom is -0.303 e. The highest BCUT2D eigenvalue weighted by atomic mass is 16.1. The van der Waals surface area contributed by atoms with E-state index < -0.39 is 0 Å². The fourth-order valence-electron chi connectivity index (χ4n) is 6.10. The van der Waals surface area contributed by atoms with E-state index in [1.165, 1.54) is 71.2 Å². The molecule has 0 aromatic heterocycles. The molecule has 0 saturated carbocycles. The third kappa shape index (κ3) is 12.0. The highest BCUT2D eigenvalue weighted by Crippen LogP contribution is 2.45. The molecule has 0 bridgehead atoms. The van der Waals surface area contributed by atoms with Gasteiger partial charge < -0.3 is 9.69 Å². The first-order valence-corrected chi connectivity index (χ1v) is 16.4. The molecular weight excluding hydrogens is 466 g/mol. The number of carbonyl (C=O) groups excluding carboxylic acids is 1. The van der Waals surface area contributed by atoms with Gasteiger partial charge in [-0.05, 0) is 84.3 Å². The number of carbonyl (C=O) groups is 1. The number of hydrogen-bond donors (Lipinski definition) is 0. The maximum Gasteiger partial charge on any atom is 0.127 e. The topological polar surface area (TPSA) is 26.8 Å². The van der Waals surface area contributed by atoms with E-state index in [0.29, 0.717) is 5.41 Å². The van der Waals surface area contributed by atoms with Crippen molar-refractivity contribution >= 4 is 6.29 Å². The van der Waals surface area contributed by atoms with E-state index >= 15 is 0 Å². The van der Waals surface area contributed by atoms with Crippen LogP contribution in [0.2, 0.25) is 0 Å². The first-order valence-electron chi connectivity index (χ1n) is 16.4. The van der Waals surface area contributed by atoms with Gasteiger partial charge in [0.05, 0.1) is 0 Å². The minimum atomic E-state index is -0.323. The normalized spacial score (nSPS) is 18.8. The van der Waals surface area contributed by atoms with Crippen LogP contribution in [0.3, 0.4) is 0 Å². The van der Waals surface area contributed by atoms with Crippen molar-refractivity contribution in [2.24, 2.45) is 16.7 Å². The molecule has 230 valence electrons. The van der Waals surface area contributed by atoms with Crippen molar-refractivity contribution in [3.63, 3.8) is 0 Å². The van der Waals surface area contributed by atoms with Gasteiger partial charge in [0.25, 0.3) is 0 Å². The van der Waals surface area contributed by atoms with Crippen molar-refractivity contribution < 1.29 is 4.79 Å². The summed E-state index contributed by atoms with van der Waals surface area (Å²) >= 11 is 0. The quantitative estimate of drug-likeness (QED) is 0.259. The molecule has 2 aliphatic rings. The van der Waals surface area contributed by atoms with Gasteiger partial charge in [0, 0.05) is 42.7 Å². The summed E-state index contributed by atoms with van der Waals surface area (Å²) in [6, 6.07) is 0. The van der Waals surface area contributed by atoms with Gasteiger partial charge in [-0.3, -0.25) is 9.80 Å². The van der Waals surface area contributed by atoms with E-state index in [9.17, 15) is 4.79 Å². The Morgan fingerprint density at radius 1 is 0.711 bits per heavy atom. The number of aldehydes is 1. The molecule has 4 heteroatoms. The molecule has 2 fully saturated rings. The second-order valence-corrected chi connectivity index (χ2v) is 13.5. The van der Waals surface area contributed by atoms with Crippen molar-refractivity contribution in [3.8, 4) is 0 Å². The SMILES string of the molecule is CC.CC.CCC.CCCCN1CCN(C(C)(C)CC(C)(C)C2CCN(C(C)(C)C(C)(C)C=O)CC2)CC1. The number of rotatable bonds is 10. The average Bonchev–Trinajstić information content (AvgIpc) is 2.90. The summed E-state index contributed by atoms with van der Waals surface area (Å²) in [6.07, 6.45) is 8.76. The second kappa shape index (κ2) is 18.8. The van der Waals surface area contributed by atoms with Gasteiger partial charge in [0.1, 0.15) is 6.29 Å². The Morgan fingerprint density at radius 3 is 1.55 bits per heavy atom. The largest absolute Gasteiger partial charge is 0.303 e. The Hall–Kier alpha value is -0.450. The molecular formula is C34H73N3O. The van der Waals surface area contributed by atoms with Crippen LogP contribution in [0.25, 0.3) is 0 Å². The van der Waals surface area contributed by atoms with E-state index in [2.05, 4.69) is 90.9 Å². The first-order chi connectivity index (χ1) is 17.7. The lowest BCUT2D eigenvalue weighted by atomic mass is 9.66.